The molecule has 2 aromatic rings. The van der Waals surface area contributed by atoms with Gasteiger partial charge in [-0.05, 0) is 61.2 Å². The predicted octanol–water partition coefficient (Wildman–Crippen LogP) is 3.69. The van der Waals surface area contributed by atoms with Crippen LogP contribution in [0, 0.1) is 18.6 Å². The molecule has 2 aromatic carbocycles. The van der Waals surface area contributed by atoms with Crippen LogP contribution in [0.3, 0.4) is 0 Å². The quantitative estimate of drug-likeness (QED) is 0.896. The number of halogens is 2. The Kier molecular flexibility index (Phi) is 3.67. The van der Waals surface area contributed by atoms with Gasteiger partial charge in [-0.3, -0.25) is 0 Å². The average Bonchev–Trinajstić information content (AvgIpc) is 2.26. The highest BCUT2D eigenvalue weighted by atomic mass is 19.1. The summed E-state index contributed by atoms with van der Waals surface area (Å²) in [6.07, 6.45) is 0.452. The number of aryl methyl sites for hydroxylation is 1. The Morgan fingerprint density at radius 2 is 1.79 bits per heavy atom. The minimum atomic E-state index is -0.735. The Bertz CT molecular complexity index is 571. The van der Waals surface area contributed by atoms with Gasteiger partial charge in [-0.2, -0.15) is 0 Å². The molecule has 0 heterocycles. The van der Waals surface area contributed by atoms with E-state index in [-0.39, 0.29) is 11.6 Å². The first-order chi connectivity index (χ1) is 8.87. The first-order valence-corrected chi connectivity index (χ1v) is 6.18. The third-order valence-electron chi connectivity index (χ3n) is 3.16. The highest BCUT2D eigenvalue weighted by Gasteiger charge is 2.22. The standard InChI is InChI=1S/C16H17F2N/c1-11-6-13(9-15(18)7-11)16(2,19)10-12-4-3-5-14(17)8-12/h3-9H,10,19H2,1-2H3. The summed E-state index contributed by atoms with van der Waals surface area (Å²) in [5.74, 6) is -0.588. The Morgan fingerprint density at radius 3 is 2.42 bits per heavy atom. The van der Waals surface area contributed by atoms with Gasteiger partial charge in [-0.15, -0.1) is 0 Å². The van der Waals surface area contributed by atoms with E-state index in [1.807, 2.05) is 26.0 Å². The molecule has 3 heteroatoms. The molecule has 1 nitrogen and oxygen atoms in total. The summed E-state index contributed by atoms with van der Waals surface area (Å²) in [4.78, 5) is 0. The Morgan fingerprint density at radius 1 is 1.05 bits per heavy atom. The lowest BCUT2D eigenvalue weighted by molar-refractivity contribution is 0.484. The molecule has 1 atom stereocenters. The molecule has 19 heavy (non-hydrogen) atoms. The minimum absolute atomic E-state index is 0.288. The van der Waals surface area contributed by atoms with E-state index in [0.717, 1.165) is 11.1 Å². The van der Waals surface area contributed by atoms with Crippen LogP contribution in [-0.2, 0) is 12.0 Å². The van der Waals surface area contributed by atoms with Crippen molar-refractivity contribution in [1.29, 1.82) is 0 Å². The Hall–Kier alpha value is -1.74. The SMILES string of the molecule is Cc1cc(F)cc(C(C)(N)Cc2cccc(F)c2)c1. The van der Waals surface area contributed by atoms with Gasteiger partial charge in [0.1, 0.15) is 11.6 Å². The van der Waals surface area contributed by atoms with Crippen LogP contribution < -0.4 is 5.73 Å². The van der Waals surface area contributed by atoms with Crippen LogP contribution in [0.1, 0.15) is 23.6 Å². The summed E-state index contributed by atoms with van der Waals surface area (Å²) < 4.78 is 26.6. The summed E-state index contributed by atoms with van der Waals surface area (Å²) in [5, 5.41) is 0. The Balaban J connectivity index is 2.31. The van der Waals surface area contributed by atoms with Gasteiger partial charge in [0.25, 0.3) is 0 Å². The largest absolute Gasteiger partial charge is 0.321 e. The summed E-state index contributed by atoms with van der Waals surface area (Å²) in [7, 11) is 0. The van der Waals surface area contributed by atoms with Crippen molar-refractivity contribution >= 4 is 0 Å². The van der Waals surface area contributed by atoms with Crippen LogP contribution in [0.4, 0.5) is 8.78 Å². The van der Waals surface area contributed by atoms with Gasteiger partial charge in [-0.1, -0.05) is 18.2 Å². The van der Waals surface area contributed by atoms with E-state index >= 15 is 0 Å². The highest BCUT2D eigenvalue weighted by Crippen LogP contribution is 2.24. The van der Waals surface area contributed by atoms with Crippen molar-refractivity contribution in [1.82, 2.24) is 0 Å². The second kappa shape index (κ2) is 5.10. The number of hydrogen-bond acceptors (Lipinski definition) is 1. The van der Waals surface area contributed by atoms with Crippen LogP contribution in [0.5, 0.6) is 0 Å². The van der Waals surface area contributed by atoms with Crippen molar-refractivity contribution in [3.63, 3.8) is 0 Å². The molecule has 0 saturated heterocycles. The first kappa shape index (κ1) is 13.7. The lowest BCUT2D eigenvalue weighted by Gasteiger charge is -2.26. The van der Waals surface area contributed by atoms with Gasteiger partial charge in [0, 0.05) is 5.54 Å². The van der Waals surface area contributed by atoms with Crippen molar-refractivity contribution < 1.29 is 8.78 Å². The lowest BCUT2D eigenvalue weighted by Crippen LogP contribution is -2.35. The fourth-order valence-electron chi connectivity index (χ4n) is 2.24. The topological polar surface area (TPSA) is 26.0 Å². The van der Waals surface area contributed by atoms with Crippen LogP contribution in [0.15, 0.2) is 42.5 Å². The van der Waals surface area contributed by atoms with E-state index < -0.39 is 5.54 Å². The highest BCUT2D eigenvalue weighted by molar-refractivity contribution is 5.31. The van der Waals surface area contributed by atoms with Gasteiger partial charge in [0.15, 0.2) is 0 Å². The van der Waals surface area contributed by atoms with Gasteiger partial charge >= 0.3 is 0 Å². The summed E-state index contributed by atoms with van der Waals surface area (Å²) in [5.41, 5.74) is 7.87. The molecule has 0 aromatic heterocycles. The van der Waals surface area contributed by atoms with Crippen LogP contribution in [-0.4, -0.2) is 0 Å². The smallest absolute Gasteiger partial charge is 0.123 e. The molecular weight excluding hydrogens is 244 g/mol. The molecule has 100 valence electrons. The molecule has 0 aliphatic carbocycles. The monoisotopic (exact) mass is 261 g/mol. The van der Waals surface area contributed by atoms with Crippen LogP contribution >= 0.6 is 0 Å². The maximum Gasteiger partial charge on any atom is 0.123 e. The molecular formula is C16H17F2N. The summed E-state index contributed by atoms with van der Waals surface area (Å²) in [6.45, 7) is 3.65. The molecule has 0 bridgehead atoms. The van der Waals surface area contributed by atoms with E-state index in [2.05, 4.69) is 0 Å². The molecule has 1 unspecified atom stereocenters. The average molecular weight is 261 g/mol. The fraction of sp³-hybridized carbons (Fsp3) is 0.250. The molecule has 0 fully saturated rings. The van der Waals surface area contributed by atoms with Crippen molar-refractivity contribution in [2.75, 3.05) is 0 Å². The first-order valence-electron chi connectivity index (χ1n) is 6.18. The van der Waals surface area contributed by atoms with Gasteiger partial charge in [0.2, 0.25) is 0 Å². The van der Waals surface area contributed by atoms with Gasteiger partial charge in [-0.25, -0.2) is 8.78 Å². The van der Waals surface area contributed by atoms with Crippen molar-refractivity contribution in [2.45, 2.75) is 25.8 Å². The maximum absolute atomic E-state index is 13.4. The fourth-order valence-corrected chi connectivity index (χ4v) is 2.24. The lowest BCUT2D eigenvalue weighted by atomic mass is 9.86. The second-order valence-electron chi connectivity index (χ2n) is 5.24. The zero-order chi connectivity index (χ0) is 14.0. The van der Waals surface area contributed by atoms with E-state index in [1.165, 1.54) is 24.3 Å². The van der Waals surface area contributed by atoms with Crippen molar-refractivity contribution in [3.8, 4) is 0 Å². The number of nitrogens with two attached hydrogens (primary N) is 1. The minimum Gasteiger partial charge on any atom is -0.321 e. The van der Waals surface area contributed by atoms with E-state index in [4.69, 9.17) is 5.73 Å². The third-order valence-corrected chi connectivity index (χ3v) is 3.16. The maximum atomic E-state index is 13.4. The van der Waals surface area contributed by atoms with Crippen molar-refractivity contribution in [2.24, 2.45) is 5.73 Å². The molecule has 0 aliphatic rings. The molecule has 0 spiro atoms. The number of hydrogen-bond donors (Lipinski definition) is 1. The molecule has 0 aliphatic heterocycles. The summed E-state index contributed by atoms with van der Waals surface area (Å²) in [6, 6.07) is 11.1. The molecule has 0 radical (unpaired) electrons. The normalized spacial score (nSPS) is 14.2. The van der Waals surface area contributed by atoms with Gasteiger partial charge in [0.05, 0.1) is 0 Å². The summed E-state index contributed by atoms with van der Waals surface area (Å²) >= 11 is 0. The zero-order valence-corrected chi connectivity index (χ0v) is 11.1. The van der Waals surface area contributed by atoms with Gasteiger partial charge < -0.3 is 5.73 Å². The zero-order valence-electron chi connectivity index (χ0n) is 11.1. The van der Waals surface area contributed by atoms with E-state index in [9.17, 15) is 8.78 Å². The third kappa shape index (κ3) is 3.38. The van der Waals surface area contributed by atoms with Crippen LogP contribution in [0.2, 0.25) is 0 Å². The van der Waals surface area contributed by atoms with E-state index in [1.54, 1.807) is 6.07 Å². The molecule has 0 amide bonds. The molecule has 2 rings (SSSR count). The second-order valence-corrected chi connectivity index (χ2v) is 5.24. The predicted molar refractivity (Wildman–Crippen MR) is 72.8 cm³/mol. The van der Waals surface area contributed by atoms with E-state index in [0.29, 0.717) is 12.0 Å². The molecule has 2 N–H and O–H groups in total. The van der Waals surface area contributed by atoms with Crippen LogP contribution in [0.25, 0.3) is 0 Å². The Labute approximate surface area is 112 Å². The molecule has 0 saturated carbocycles. The van der Waals surface area contributed by atoms with Crippen molar-refractivity contribution in [3.05, 3.63) is 70.8 Å². The number of rotatable bonds is 3. The number of benzene rings is 2.